The maximum Gasteiger partial charge on any atom is 0.316 e. The summed E-state index contributed by atoms with van der Waals surface area (Å²) in [4.78, 5) is 23.9. The number of hydrogen-bond acceptors (Lipinski definition) is 6. The summed E-state index contributed by atoms with van der Waals surface area (Å²) < 4.78 is 20.9. The van der Waals surface area contributed by atoms with E-state index < -0.39 is 0 Å². The van der Waals surface area contributed by atoms with Gasteiger partial charge in [0.05, 0.1) is 0 Å². The molecule has 2 aliphatic heterocycles. The molecule has 6 nitrogen and oxygen atoms in total. The van der Waals surface area contributed by atoms with Crippen molar-refractivity contribution in [3.63, 3.8) is 0 Å². The molecule has 0 saturated carbocycles. The zero-order valence-electron chi connectivity index (χ0n) is 12.3. The van der Waals surface area contributed by atoms with E-state index >= 15 is 0 Å². The summed E-state index contributed by atoms with van der Waals surface area (Å²) in [5.74, 6) is 2.40. The van der Waals surface area contributed by atoms with E-state index in [0.29, 0.717) is 0 Å². The smallest absolute Gasteiger partial charge is 0.316 e. The molecular formula is C16H18O6. The van der Waals surface area contributed by atoms with Crippen LogP contribution in [-0.2, 0) is 28.5 Å². The molecule has 4 rings (SSSR count). The Balaban J connectivity index is 1.18. The van der Waals surface area contributed by atoms with Crippen molar-refractivity contribution in [2.24, 2.45) is 11.8 Å². The second-order valence-electron chi connectivity index (χ2n) is 6.00. The molecule has 0 radical (unpaired) electrons. The quantitative estimate of drug-likeness (QED) is 0.572. The summed E-state index contributed by atoms with van der Waals surface area (Å²) >= 11 is 0. The Morgan fingerprint density at radius 3 is 1.77 bits per heavy atom. The lowest BCUT2D eigenvalue weighted by Crippen LogP contribution is -2.23. The zero-order chi connectivity index (χ0) is 15.1. The fourth-order valence-corrected chi connectivity index (χ4v) is 3.22. The van der Waals surface area contributed by atoms with Gasteiger partial charge in [0.25, 0.3) is 0 Å². The molecule has 6 heteroatoms. The van der Waals surface area contributed by atoms with Gasteiger partial charge in [-0.2, -0.15) is 0 Å². The van der Waals surface area contributed by atoms with Gasteiger partial charge in [-0.15, -0.1) is 0 Å². The summed E-state index contributed by atoms with van der Waals surface area (Å²) in [6.07, 6.45) is 5.30. The van der Waals surface area contributed by atoms with Crippen LogP contribution in [0.25, 0.3) is 0 Å². The summed E-state index contributed by atoms with van der Waals surface area (Å²) in [7, 11) is 0. The lowest BCUT2D eigenvalue weighted by atomic mass is 9.96. The maximum absolute atomic E-state index is 11.9. The predicted octanol–water partition coefficient (Wildman–Crippen LogP) is 2.16. The van der Waals surface area contributed by atoms with Crippen molar-refractivity contribution in [1.29, 1.82) is 0 Å². The molecule has 2 aliphatic carbocycles. The molecule has 2 heterocycles. The monoisotopic (exact) mass is 306 g/mol. The highest BCUT2D eigenvalue weighted by Gasteiger charge is 2.42. The molecule has 0 aromatic carbocycles. The van der Waals surface area contributed by atoms with Crippen LogP contribution < -0.4 is 0 Å². The lowest BCUT2D eigenvalue weighted by molar-refractivity contribution is -0.156. The third-order valence-corrected chi connectivity index (χ3v) is 4.50. The van der Waals surface area contributed by atoms with Crippen LogP contribution in [0.4, 0.5) is 0 Å². The lowest BCUT2D eigenvalue weighted by Gasteiger charge is -2.14. The van der Waals surface area contributed by atoms with Crippen molar-refractivity contribution in [3.05, 3.63) is 23.0 Å². The Labute approximate surface area is 128 Å². The minimum Gasteiger partial charge on any atom is -0.462 e. The van der Waals surface area contributed by atoms with Crippen LogP contribution in [0.2, 0.25) is 0 Å². The van der Waals surface area contributed by atoms with Crippen LogP contribution >= 0.6 is 0 Å². The van der Waals surface area contributed by atoms with Gasteiger partial charge in [-0.25, -0.2) is 0 Å². The van der Waals surface area contributed by atoms with Crippen LogP contribution in [0.5, 0.6) is 0 Å². The summed E-state index contributed by atoms with van der Waals surface area (Å²) in [6, 6.07) is 0. The first-order chi connectivity index (χ1) is 10.7. The topological polar surface area (TPSA) is 77.7 Å². The molecule has 0 aromatic rings. The van der Waals surface area contributed by atoms with Crippen molar-refractivity contribution in [2.45, 2.75) is 38.5 Å². The van der Waals surface area contributed by atoms with Gasteiger partial charge in [0.2, 0.25) is 0 Å². The van der Waals surface area contributed by atoms with Gasteiger partial charge in [0.1, 0.15) is 36.6 Å². The second-order valence-corrected chi connectivity index (χ2v) is 6.00. The summed E-state index contributed by atoms with van der Waals surface area (Å²) in [5, 5.41) is 0. The third kappa shape index (κ3) is 2.58. The van der Waals surface area contributed by atoms with E-state index in [9.17, 15) is 9.59 Å². The van der Waals surface area contributed by atoms with Gasteiger partial charge in [-0.1, -0.05) is 0 Å². The predicted molar refractivity (Wildman–Crippen MR) is 72.8 cm³/mol. The Kier molecular flexibility index (Phi) is 3.32. The molecule has 0 N–H and O–H groups in total. The van der Waals surface area contributed by atoms with E-state index in [0.717, 1.165) is 61.6 Å². The van der Waals surface area contributed by atoms with Gasteiger partial charge in [0.15, 0.2) is 11.5 Å². The van der Waals surface area contributed by atoms with Crippen molar-refractivity contribution < 1.29 is 28.5 Å². The fourth-order valence-electron chi connectivity index (χ4n) is 3.22. The molecule has 22 heavy (non-hydrogen) atoms. The molecule has 0 saturated heterocycles. The van der Waals surface area contributed by atoms with Gasteiger partial charge in [-0.3, -0.25) is 9.59 Å². The number of carbonyl (C=O) groups excluding carboxylic acids is 2. The molecule has 2 unspecified atom stereocenters. The Bertz CT molecular complexity index is 535. The number of hydrogen-bond donors (Lipinski definition) is 0. The molecule has 4 aliphatic rings. The van der Waals surface area contributed by atoms with Crippen LogP contribution in [0.15, 0.2) is 23.0 Å². The Morgan fingerprint density at radius 2 is 1.32 bits per heavy atom. The first-order valence-corrected chi connectivity index (χ1v) is 7.89. The van der Waals surface area contributed by atoms with Gasteiger partial charge >= 0.3 is 11.9 Å². The van der Waals surface area contributed by atoms with E-state index in [1.54, 1.807) is 0 Å². The van der Waals surface area contributed by atoms with Gasteiger partial charge in [-0.05, 0) is 25.7 Å². The van der Waals surface area contributed by atoms with E-state index in [1.165, 1.54) is 0 Å². The summed E-state index contributed by atoms with van der Waals surface area (Å²) in [6.45, 7) is 0.173. The van der Waals surface area contributed by atoms with E-state index in [2.05, 4.69) is 0 Å². The molecule has 0 spiro atoms. The minimum atomic E-state index is -0.283. The van der Waals surface area contributed by atoms with Crippen LogP contribution in [0.3, 0.4) is 0 Å². The van der Waals surface area contributed by atoms with Crippen LogP contribution in [-0.4, -0.2) is 25.2 Å². The fraction of sp³-hybridized carbons (Fsp3) is 0.625. The first-order valence-electron chi connectivity index (χ1n) is 7.89. The average molecular weight is 306 g/mol. The highest BCUT2D eigenvalue weighted by Crippen LogP contribution is 2.44. The molecule has 118 valence electrons. The third-order valence-electron chi connectivity index (χ3n) is 4.50. The van der Waals surface area contributed by atoms with Crippen molar-refractivity contribution in [2.75, 3.05) is 13.2 Å². The van der Waals surface area contributed by atoms with E-state index in [4.69, 9.17) is 18.9 Å². The molecule has 0 fully saturated rings. The highest BCUT2D eigenvalue weighted by molar-refractivity contribution is 5.77. The average Bonchev–Trinajstić information content (AvgIpc) is 3.42. The number of esters is 2. The zero-order valence-corrected chi connectivity index (χ0v) is 12.3. The first kappa shape index (κ1) is 13.7. The van der Waals surface area contributed by atoms with Crippen LogP contribution in [0.1, 0.15) is 38.5 Å². The number of rotatable bonds is 5. The maximum atomic E-state index is 11.9. The largest absolute Gasteiger partial charge is 0.462 e. The standard InChI is InChI=1S/C16H18O6/c17-15(9-3-1-5-11-13(9)21-11)19-7-8-20-16(18)10-4-2-6-12-14(10)22-12/h9-10H,1-8H2. The van der Waals surface area contributed by atoms with Crippen LogP contribution in [0, 0.1) is 11.8 Å². The highest BCUT2D eigenvalue weighted by atomic mass is 16.6. The van der Waals surface area contributed by atoms with Crippen molar-refractivity contribution in [3.8, 4) is 0 Å². The number of allylic oxidation sites excluding steroid dienone is 2. The van der Waals surface area contributed by atoms with Crippen molar-refractivity contribution in [1.82, 2.24) is 0 Å². The number of carbonyl (C=O) groups is 2. The Hall–Kier alpha value is -1.98. The molecule has 2 atom stereocenters. The number of ether oxygens (including phenoxy) is 4. The van der Waals surface area contributed by atoms with Gasteiger partial charge < -0.3 is 18.9 Å². The van der Waals surface area contributed by atoms with E-state index in [-0.39, 0.29) is 37.0 Å². The van der Waals surface area contributed by atoms with Gasteiger partial charge in [0, 0.05) is 12.8 Å². The van der Waals surface area contributed by atoms with E-state index in [1.807, 2.05) is 0 Å². The summed E-state index contributed by atoms with van der Waals surface area (Å²) in [5.41, 5.74) is 0. The minimum absolute atomic E-state index is 0.0865. The molecule has 0 amide bonds. The van der Waals surface area contributed by atoms with Crippen molar-refractivity contribution >= 4 is 11.9 Å². The Morgan fingerprint density at radius 1 is 0.864 bits per heavy atom. The molecule has 0 bridgehead atoms. The molecule has 0 aromatic heterocycles. The SMILES string of the molecule is O=C(OCCOC(=O)C1CCCC2=C1O2)C1CCCC2=C1O2. The normalized spacial score (nSPS) is 28.0. The molecular weight excluding hydrogens is 288 g/mol. The second kappa shape index (κ2) is 5.34.